The van der Waals surface area contributed by atoms with Crippen LogP contribution >= 0.6 is 0 Å². The number of piperidine rings is 1. The fraction of sp³-hybridized carbons (Fsp3) is 0.588. The molecule has 3 nitrogen and oxygen atoms in total. The lowest BCUT2D eigenvalue weighted by atomic mass is 9.98. The molecule has 2 fully saturated rings. The third-order valence-corrected chi connectivity index (χ3v) is 4.29. The monoisotopic (exact) mass is 292 g/mol. The summed E-state index contributed by atoms with van der Waals surface area (Å²) in [6.07, 6.45) is 6.71. The molecule has 1 atom stereocenters. The van der Waals surface area contributed by atoms with Gasteiger partial charge in [-0.05, 0) is 43.5 Å². The molecule has 0 bridgehead atoms. The molecule has 0 saturated carbocycles. The van der Waals surface area contributed by atoms with Gasteiger partial charge in [0.1, 0.15) is 5.82 Å². The van der Waals surface area contributed by atoms with Crippen LogP contribution in [0.2, 0.25) is 0 Å². The smallest absolute Gasteiger partial charge is 0.162 e. The number of rotatable bonds is 5. The van der Waals surface area contributed by atoms with Crippen LogP contribution in [0, 0.1) is 12.2 Å². The van der Waals surface area contributed by atoms with Gasteiger partial charge in [0.25, 0.3) is 0 Å². The first-order valence-corrected chi connectivity index (χ1v) is 7.88. The maximum atomic E-state index is 12.9. The van der Waals surface area contributed by atoms with Crippen LogP contribution in [-0.2, 0) is 15.9 Å². The Morgan fingerprint density at radius 3 is 2.67 bits per heavy atom. The Hall–Kier alpha value is -0.970. The van der Waals surface area contributed by atoms with Gasteiger partial charge in [0.05, 0.1) is 13.2 Å². The average molecular weight is 292 g/mol. The summed E-state index contributed by atoms with van der Waals surface area (Å²) >= 11 is 0. The quantitative estimate of drug-likeness (QED) is 0.833. The van der Waals surface area contributed by atoms with Crippen LogP contribution < -0.4 is 0 Å². The predicted molar refractivity (Wildman–Crippen MR) is 79.3 cm³/mol. The van der Waals surface area contributed by atoms with E-state index in [1.165, 1.54) is 37.0 Å². The summed E-state index contributed by atoms with van der Waals surface area (Å²) in [7, 11) is 0. The van der Waals surface area contributed by atoms with Crippen molar-refractivity contribution in [1.82, 2.24) is 4.90 Å². The maximum absolute atomic E-state index is 12.9. The zero-order valence-electron chi connectivity index (χ0n) is 12.3. The molecule has 21 heavy (non-hydrogen) atoms. The Labute approximate surface area is 126 Å². The molecule has 1 radical (unpaired) electrons. The molecule has 0 N–H and O–H groups in total. The second-order valence-corrected chi connectivity index (χ2v) is 5.78. The largest absolute Gasteiger partial charge is 0.350 e. The third kappa shape index (κ3) is 4.25. The summed E-state index contributed by atoms with van der Waals surface area (Å²) in [5, 5.41) is 0. The van der Waals surface area contributed by atoms with Gasteiger partial charge in [0, 0.05) is 19.0 Å². The molecule has 115 valence electrons. The Balaban J connectivity index is 1.52. The molecule has 1 aromatic rings. The molecule has 0 aliphatic carbocycles. The van der Waals surface area contributed by atoms with Gasteiger partial charge in [-0.3, -0.25) is 4.90 Å². The second kappa shape index (κ2) is 7.34. The molecular formula is C17H23FNO2. The normalized spacial score (nSPS) is 24.5. The Morgan fingerprint density at radius 1 is 1.14 bits per heavy atom. The first-order chi connectivity index (χ1) is 10.3. The molecule has 0 amide bonds. The van der Waals surface area contributed by atoms with Crippen LogP contribution in [0.1, 0.15) is 24.8 Å². The third-order valence-electron chi connectivity index (χ3n) is 4.29. The minimum absolute atomic E-state index is 0.138. The maximum Gasteiger partial charge on any atom is 0.162 e. The van der Waals surface area contributed by atoms with E-state index in [0.717, 1.165) is 19.5 Å². The van der Waals surface area contributed by atoms with E-state index in [1.807, 2.05) is 12.1 Å². The highest BCUT2D eigenvalue weighted by Gasteiger charge is 2.28. The van der Waals surface area contributed by atoms with Crippen molar-refractivity contribution in [3.05, 3.63) is 42.1 Å². The Kier molecular flexibility index (Phi) is 5.22. The zero-order chi connectivity index (χ0) is 14.5. The Morgan fingerprint density at radius 2 is 1.90 bits per heavy atom. The molecule has 2 aliphatic heterocycles. The number of ether oxygens (including phenoxy) is 2. The summed E-state index contributed by atoms with van der Waals surface area (Å²) in [6, 6.07) is 7.26. The lowest BCUT2D eigenvalue weighted by Crippen LogP contribution is -2.43. The highest BCUT2D eigenvalue weighted by Crippen LogP contribution is 2.23. The van der Waals surface area contributed by atoms with Crippen LogP contribution in [0.15, 0.2) is 24.3 Å². The van der Waals surface area contributed by atoms with Gasteiger partial charge in [-0.2, -0.15) is 0 Å². The highest BCUT2D eigenvalue weighted by molar-refractivity contribution is 5.16. The fourth-order valence-corrected chi connectivity index (χ4v) is 3.11. The van der Waals surface area contributed by atoms with E-state index in [0.29, 0.717) is 19.3 Å². The van der Waals surface area contributed by atoms with E-state index in [2.05, 4.69) is 11.3 Å². The number of hydrogen-bond acceptors (Lipinski definition) is 3. The van der Waals surface area contributed by atoms with E-state index >= 15 is 0 Å². The average Bonchev–Trinajstić information content (AvgIpc) is 3.01. The van der Waals surface area contributed by atoms with E-state index in [4.69, 9.17) is 9.47 Å². The van der Waals surface area contributed by atoms with E-state index < -0.39 is 0 Å². The Bertz CT molecular complexity index is 431. The minimum Gasteiger partial charge on any atom is -0.350 e. The van der Waals surface area contributed by atoms with Crippen molar-refractivity contribution in [1.29, 1.82) is 0 Å². The van der Waals surface area contributed by atoms with Gasteiger partial charge in [0.15, 0.2) is 6.29 Å². The molecule has 1 unspecified atom stereocenters. The van der Waals surface area contributed by atoms with Gasteiger partial charge in [0.2, 0.25) is 0 Å². The molecule has 2 saturated heterocycles. The summed E-state index contributed by atoms with van der Waals surface area (Å²) < 4.78 is 24.0. The van der Waals surface area contributed by atoms with Crippen molar-refractivity contribution >= 4 is 0 Å². The van der Waals surface area contributed by atoms with Crippen LogP contribution in [0.5, 0.6) is 0 Å². The number of halogens is 1. The zero-order valence-corrected chi connectivity index (χ0v) is 12.3. The lowest BCUT2D eigenvalue weighted by molar-refractivity contribution is -0.0290. The van der Waals surface area contributed by atoms with Crippen LogP contribution in [0.25, 0.3) is 0 Å². The van der Waals surface area contributed by atoms with Crippen LogP contribution in [0.4, 0.5) is 4.39 Å². The molecule has 1 aromatic carbocycles. The summed E-state index contributed by atoms with van der Waals surface area (Å²) in [5.74, 6) is -0.168. The van der Waals surface area contributed by atoms with Crippen LogP contribution in [-0.4, -0.2) is 43.5 Å². The topological polar surface area (TPSA) is 21.7 Å². The van der Waals surface area contributed by atoms with E-state index in [1.54, 1.807) is 0 Å². The molecular weight excluding hydrogens is 269 g/mol. The van der Waals surface area contributed by atoms with Gasteiger partial charge < -0.3 is 9.47 Å². The highest BCUT2D eigenvalue weighted by atomic mass is 19.1. The first kappa shape index (κ1) is 14.9. The fourth-order valence-electron chi connectivity index (χ4n) is 3.11. The number of likely N-dealkylation sites (tertiary alicyclic amines) is 1. The van der Waals surface area contributed by atoms with Crippen molar-refractivity contribution in [2.75, 3.05) is 26.3 Å². The van der Waals surface area contributed by atoms with Crippen molar-refractivity contribution < 1.29 is 13.9 Å². The standard InChI is InChI=1S/C17H23FNO2/c18-15-6-4-14(5-7-15)8-10-19-9-2-1-3-16(19)13-17-20-11-12-21-17/h4-7,13,16-17H,1-3,8-12H2. The van der Waals surface area contributed by atoms with E-state index in [9.17, 15) is 4.39 Å². The summed E-state index contributed by atoms with van der Waals surface area (Å²) in [4.78, 5) is 2.50. The predicted octanol–water partition coefficient (Wildman–Crippen LogP) is 2.80. The van der Waals surface area contributed by atoms with Gasteiger partial charge in [-0.1, -0.05) is 18.6 Å². The van der Waals surface area contributed by atoms with Crippen LogP contribution in [0.3, 0.4) is 0 Å². The molecule has 2 heterocycles. The molecule has 2 aliphatic rings. The molecule has 0 aromatic heterocycles. The molecule has 3 rings (SSSR count). The first-order valence-electron chi connectivity index (χ1n) is 7.88. The molecule has 4 heteroatoms. The van der Waals surface area contributed by atoms with Gasteiger partial charge in [-0.15, -0.1) is 0 Å². The SMILES string of the molecule is Fc1ccc(CCN2CCCCC2[CH]C2OCCO2)cc1. The second-order valence-electron chi connectivity index (χ2n) is 5.78. The number of hydrogen-bond donors (Lipinski definition) is 0. The molecule has 0 spiro atoms. The van der Waals surface area contributed by atoms with Crippen molar-refractivity contribution in [3.63, 3.8) is 0 Å². The minimum atomic E-state index is -0.168. The lowest BCUT2D eigenvalue weighted by Gasteiger charge is -2.36. The number of benzene rings is 1. The summed E-state index contributed by atoms with van der Waals surface area (Å²) in [6.45, 7) is 3.52. The summed E-state index contributed by atoms with van der Waals surface area (Å²) in [5.41, 5.74) is 1.19. The van der Waals surface area contributed by atoms with Crippen molar-refractivity contribution in [2.24, 2.45) is 0 Å². The number of nitrogens with zero attached hydrogens (tertiary/aromatic N) is 1. The van der Waals surface area contributed by atoms with Crippen molar-refractivity contribution in [3.8, 4) is 0 Å². The van der Waals surface area contributed by atoms with Crippen molar-refractivity contribution in [2.45, 2.75) is 38.0 Å². The van der Waals surface area contributed by atoms with Gasteiger partial charge >= 0.3 is 0 Å². The van der Waals surface area contributed by atoms with E-state index in [-0.39, 0.29) is 12.1 Å². The van der Waals surface area contributed by atoms with Gasteiger partial charge in [-0.25, -0.2) is 4.39 Å².